The fourth-order valence-corrected chi connectivity index (χ4v) is 2.58. The summed E-state index contributed by atoms with van der Waals surface area (Å²) in [5.74, 6) is 0.0916. The summed E-state index contributed by atoms with van der Waals surface area (Å²) < 4.78 is 0. The lowest BCUT2D eigenvalue weighted by molar-refractivity contribution is -0.138. The van der Waals surface area contributed by atoms with Crippen molar-refractivity contribution < 1.29 is 4.79 Å². The van der Waals surface area contributed by atoms with Crippen molar-refractivity contribution in [2.24, 2.45) is 5.73 Å². The van der Waals surface area contributed by atoms with Crippen LogP contribution in [0.5, 0.6) is 0 Å². The van der Waals surface area contributed by atoms with Gasteiger partial charge in [0, 0.05) is 13.1 Å². The molecular formula is C13H28ClN3O. The first kappa shape index (κ1) is 17.7. The SMILES string of the molecule is CCCC(C)(N)C(=O)N(C)C1CCN(C)CC1.Cl. The molecule has 108 valence electrons. The zero-order valence-corrected chi connectivity index (χ0v) is 12.9. The molecule has 1 fully saturated rings. The van der Waals surface area contributed by atoms with Crippen LogP contribution in [0.25, 0.3) is 0 Å². The van der Waals surface area contributed by atoms with Gasteiger partial charge in [-0.2, -0.15) is 0 Å². The molecule has 1 atom stereocenters. The second kappa shape index (κ2) is 7.31. The minimum atomic E-state index is -0.702. The summed E-state index contributed by atoms with van der Waals surface area (Å²) in [5.41, 5.74) is 5.40. The average molecular weight is 278 g/mol. The van der Waals surface area contributed by atoms with E-state index in [1.165, 1.54) is 0 Å². The van der Waals surface area contributed by atoms with E-state index in [0.717, 1.165) is 38.8 Å². The summed E-state index contributed by atoms with van der Waals surface area (Å²) in [7, 11) is 4.03. The van der Waals surface area contributed by atoms with Crippen LogP contribution in [0.2, 0.25) is 0 Å². The Morgan fingerprint density at radius 3 is 2.39 bits per heavy atom. The van der Waals surface area contributed by atoms with Crippen LogP contribution in [0.3, 0.4) is 0 Å². The molecule has 1 aliphatic heterocycles. The highest BCUT2D eigenvalue weighted by Gasteiger charge is 2.34. The minimum Gasteiger partial charge on any atom is -0.341 e. The van der Waals surface area contributed by atoms with Crippen molar-refractivity contribution in [1.29, 1.82) is 0 Å². The van der Waals surface area contributed by atoms with Gasteiger partial charge in [0.25, 0.3) is 0 Å². The molecule has 5 heteroatoms. The van der Waals surface area contributed by atoms with Crippen LogP contribution in [0.4, 0.5) is 0 Å². The summed E-state index contributed by atoms with van der Waals surface area (Å²) in [6.45, 7) is 6.05. The van der Waals surface area contributed by atoms with Crippen LogP contribution in [-0.4, -0.2) is 54.5 Å². The van der Waals surface area contributed by atoms with Crippen LogP contribution in [-0.2, 0) is 4.79 Å². The highest BCUT2D eigenvalue weighted by atomic mass is 35.5. The van der Waals surface area contributed by atoms with E-state index in [-0.39, 0.29) is 18.3 Å². The van der Waals surface area contributed by atoms with Gasteiger partial charge in [0.2, 0.25) is 5.91 Å². The normalized spacial score (nSPS) is 20.9. The Bertz CT molecular complexity index is 263. The Morgan fingerprint density at radius 1 is 1.44 bits per heavy atom. The first-order valence-corrected chi connectivity index (χ1v) is 6.63. The van der Waals surface area contributed by atoms with E-state index in [2.05, 4.69) is 18.9 Å². The molecular weight excluding hydrogens is 250 g/mol. The van der Waals surface area contributed by atoms with Crippen LogP contribution in [0.15, 0.2) is 0 Å². The number of carbonyl (C=O) groups excluding carboxylic acids is 1. The Hall–Kier alpha value is -0.320. The number of piperidine rings is 1. The Kier molecular flexibility index (Phi) is 7.18. The fraction of sp³-hybridized carbons (Fsp3) is 0.923. The summed E-state index contributed by atoms with van der Waals surface area (Å²) in [6.07, 6.45) is 3.81. The number of hydrogen-bond donors (Lipinski definition) is 1. The number of carbonyl (C=O) groups is 1. The van der Waals surface area contributed by atoms with Gasteiger partial charge in [-0.05, 0) is 46.3 Å². The Labute approximate surface area is 117 Å². The van der Waals surface area contributed by atoms with Gasteiger partial charge >= 0.3 is 0 Å². The van der Waals surface area contributed by atoms with Crippen molar-refractivity contribution in [2.45, 2.75) is 51.1 Å². The van der Waals surface area contributed by atoms with Crippen molar-refractivity contribution in [3.63, 3.8) is 0 Å². The molecule has 1 unspecified atom stereocenters. The second-order valence-corrected chi connectivity index (χ2v) is 5.62. The molecule has 0 aliphatic carbocycles. The van der Waals surface area contributed by atoms with Crippen molar-refractivity contribution in [3.05, 3.63) is 0 Å². The van der Waals surface area contributed by atoms with Crippen molar-refractivity contribution >= 4 is 18.3 Å². The monoisotopic (exact) mass is 277 g/mol. The molecule has 1 amide bonds. The lowest BCUT2D eigenvalue weighted by atomic mass is 9.94. The van der Waals surface area contributed by atoms with Crippen LogP contribution in [0.1, 0.15) is 39.5 Å². The highest BCUT2D eigenvalue weighted by Crippen LogP contribution is 2.19. The van der Waals surface area contributed by atoms with Gasteiger partial charge in [0.15, 0.2) is 0 Å². The van der Waals surface area contributed by atoms with E-state index >= 15 is 0 Å². The summed E-state index contributed by atoms with van der Waals surface area (Å²) in [4.78, 5) is 16.5. The predicted molar refractivity (Wildman–Crippen MR) is 78.0 cm³/mol. The molecule has 2 N–H and O–H groups in total. The molecule has 1 heterocycles. The quantitative estimate of drug-likeness (QED) is 0.847. The molecule has 4 nitrogen and oxygen atoms in total. The molecule has 0 bridgehead atoms. The van der Waals surface area contributed by atoms with Gasteiger partial charge in [-0.15, -0.1) is 12.4 Å². The van der Waals surface area contributed by atoms with E-state index in [9.17, 15) is 4.79 Å². The molecule has 0 aromatic heterocycles. The number of nitrogens with two attached hydrogens (primary N) is 1. The summed E-state index contributed by atoms with van der Waals surface area (Å²) in [5, 5.41) is 0. The van der Waals surface area contributed by atoms with E-state index in [4.69, 9.17) is 5.73 Å². The third kappa shape index (κ3) is 4.41. The van der Waals surface area contributed by atoms with Gasteiger partial charge in [0.1, 0.15) is 0 Å². The van der Waals surface area contributed by atoms with Gasteiger partial charge < -0.3 is 15.5 Å². The van der Waals surface area contributed by atoms with Gasteiger partial charge in [-0.3, -0.25) is 4.79 Å². The highest BCUT2D eigenvalue weighted by molar-refractivity contribution is 5.86. The van der Waals surface area contributed by atoms with E-state index in [0.29, 0.717) is 6.04 Å². The first-order valence-electron chi connectivity index (χ1n) is 6.63. The largest absolute Gasteiger partial charge is 0.341 e. The molecule has 0 saturated carbocycles. The molecule has 0 aromatic rings. The zero-order chi connectivity index (χ0) is 13.1. The number of hydrogen-bond acceptors (Lipinski definition) is 3. The number of likely N-dealkylation sites (N-methyl/N-ethyl adjacent to an activating group) is 1. The van der Waals surface area contributed by atoms with E-state index < -0.39 is 5.54 Å². The zero-order valence-electron chi connectivity index (χ0n) is 12.1. The number of nitrogens with zero attached hydrogens (tertiary/aromatic N) is 2. The molecule has 1 saturated heterocycles. The molecule has 0 radical (unpaired) electrons. The standard InChI is InChI=1S/C13H27N3O.ClH/c1-5-8-13(2,14)12(17)16(4)11-6-9-15(3)10-7-11;/h11H,5-10,14H2,1-4H3;1H. The van der Waals surface area contributed by atoms with E-state index in [1.807, 2.05) is 18.9 Å². The van der Waals surface area contributed by atoms with Crippen LogP contribution in [0, 0.1) is 0 Å². The maximum atomic E-state index is 12.3. The van der Waals surface area contributed by atoms with Gasteiger partial charge in [0.05, 0.1) is 5.54 Å². The maximum absolute atomic E-state index is 12.3. The Morgan fingerprint density at radius 2 is 1.94 bits per heavy atom. The lowest BCUT2D eigenvalue weighted by Gasteiger charge is -2.38. The predicted octanol–water partition coefficient (Wildman–Crippen LogP) is 1.48. The number of rotatable bonds is 4. The molecule has 1 aliphatic rings. The van der Waals surface area contributed by atoms with Crippen molar-refractivity contribution in [3.8, 4) is 0 Å². The number of halogens is 1. The van der Waals surface area contributed by atoms with Gasteiger partial charge in [-0.25, -0.2) is 0 Å². The second-order valence-electron chi connectivity index (χ2n) is 5.62. The molecule has 0 aromatic carbocycles. The Balaban J connectivity index is 0.00000289. The van der Waals surface area contributed by atoms with Crippen molar-refractivity contribution in [1.82, 2.24) is 9.80 Å². The van der Waals surface area contributed by atoms with Crippen LogP contribution < -0.4 is 5.73 Å². The average Bonchev–Trinajstić information content (AvgIpc) is 2.28. The lowest BCUT2D eigenvalue weighted by Crippen LogP contribution is -2.56. The maximum Gasteiger partial charge on any atom is 0.242 e. The number of amides is 1. The summed E-state index contributed by atoms with van der Waals surface area (Å²) >= 11 is 0. The molecule has 0 spiro atoms. The van der Waals surface area contributed by atoms with Crippen LogP contribution >= 0.6 is 12.4 Å². The minimum absolute atomic E-state index is 0. The molecule has 18 heavy (non-hydrogen) atoms. The van der Waals surface area contributed by atoms with E-state index in [1.54, 1.807) is 0 Å². The van der Waals surface area contributed by atoms with Gasteiger partial charge in [-0.1, -0.05) is 13.3 Å². The third-order valence-electron chi connectivity index (χ3n) is 3.81. The van der Waals surface area contributed by atoms with Crippen molar-refractivity contribution in [2.75, 3.05) is 27.2 Å². The topological polar surface area (TPSA) is 49.6 Å². The number of likely N-dealkylation sites (tertiary alicyclic amines) is 1. The smallest absolute Gasteiger partial charge is 0.242 e. The molecule has 1 rings (SSSR count). The third-order valence-corrected chi connectivity index (χ3v) is 3.81. The fourth-order valence-electron chi connectivity index (χ4n) is 2.58. The first-order chi connectivity index (χ1) is 7.88. The summed E-state index contributed by atoms with van der Waals surface area (Å²) in [6, 6.07) is 0.360.